The highest BCUT2D eigenvalue weighted by molar-refractivity contribution is 7.96. The smallest absolute Gasteiger partial charge is 0.261 e. The van der Waals surface area contributed by atoms with Gasteiger partial charge in [0, 0.05) is 5.69 Å². The van der Waals surface area contributed by atoms with Gasteiger partial charge in [-0.1, -0.05) is 6.07 Å². The van der Waals surface area contributed by atoms with Crippen LogP contribution in [0.4, 0.5) is 5.69 Å². The molecule has 0 amide bonds. The Morgan fingerprint density at radius 2 is 1.47 bits per heavy atom. The number of hydrogen-bond acceptors (Lipinski definition) is 8. The van der Waals surface area contributed by atoms with Gasteiger partial charge in [-0.15, -0.1) is 0 Å². The minimum atomic E-state index is -4.20. The van der Waals surface area contributed by atoms with Gasteiger partial charge < -0.3 is 0 Å². The average Bonchev–Trinajstić information content (AvgIpc) is 3.02. The quantitative estimate of drug-likeness (QED) is 0.568. The number of benzene rings is 2. The number of nitrogens with two attached hydrogens (primary N) is 1. The molecule has 0 saturated carbocycles. The van der Waals surface area contributed by atoms with Crippen molar-refractivity contribution in [2.45, 2.75) is 26.4 Å². The van der Waals surface area contributed by atoms with Crippen molar-refractivity contribution in [2.75, 3.05) is 16.2 Å². The van der Waals surface area contributed by atoms with E-state index in [1.807, 2.05) is 0 Å². The highest BCUT2D eigenvalue weighted by Crippen LogP contribution is 2.27. The maximum absolute atomic E-state index is 12.7. The molecule has 1 aliphatic rings. The van der Waals surface area contributed by atoms with Gasteiger partial charge in [0.25, 0.3) is 10.0 Å². The van der Waals surface area contributed by atoms with Gasteiger partial charge in [-0.05, 0) is 48.9 Å². The second-order valence-electron chi connectivity index (χ2n) is 6.72. The molecule has 164 valence electrons. The Balaban J connectivity index is 1.89. The van der Waals surface area contributed by atoms with Gasteiger partial charge in [0.1, 0.15) is 0 Å². The minimum absolute atomic E-state index is 0.0394. The Morgan fingerprint density at radius 1 is 0.867 bits per heavy atom. The predicted molar refractivity (Wildman–Crippen MR) is 109 cm³/mol. The normalized spacial score (nSPS) is 19.4. The van der Waals surface area contributed by atoms with Gasteiger partial charge in [-0.2, -0.15) is 0 Å². The predicted octanol–water partition coefficient (Wildman–Crippen LogP) is 0.0956. The first-order chi connectivity index (χ1) is 13.7. The Labute approximate surface area is 175 Å². The molecule has 2 aromatic carbocycles. The number of sulfonamides is 2. The van der Waals surface area contributed by atoms with E-state index in [0.29, 0.717) is 0 Å². The largest absolute Gasteiger partial charge is 0.280 e. The van der Waals surface area contributed by atoms with Crippen molar-refractivity contribution < 1.29 is 33.7 Å². The molecular weight excluding hydrogens is 476 g/mol. The molecule has 14 heteroatoms. The first-order valence-electron chi connectivity index (χ1n) is 8.41. The molecule has 0 bridgehead atoms. The summed E-state index contributed by atoms with van der Waals surface area (Å²) in [4.78, 5) is -0.845. The van der Waals surface area contributed by atoms with E-state index in [0.717, 1.165) is 18.2 Å². The fourth-order valence-electron chi connectivity index (χ4n) is 2.94. The van der Waals surface area contributed by atoms with E-state index in [-0.39, 0.29) is 32.5 Å². The van der Waals surface area contributed by atoms with Crippen LogP contribution in [-0.2, 0) is 39.7 Å². The number of hydrogen-bond donors (Lipinski definition) is 2. The number of sulfone groups is 2. The lowest BCUT2D eigenvalue weighted by molar-refractivity contribution is 0.581. The van der Waals surface area contributed by atoms with E-state index in [4.69, 9.17) is 5.14 Å². The number of nitrogens with one attached hydrogen (secondary N) is 1. The summed E-state index contributed by atoms with van der Waals surface area (Å²) < 4.78 is 98.8. The van der Waals surface area contributed by atoms with E-state index in [1.165, 1.54) is 30.3 Å². The van der Waals surface area contributed by atoms with Crippen LogP contribution in [-0.4, -0.2) is 50.4 Å². The summed E-state index contributed by atoms with van der Waals surface area (Å²) in [5.74, 6) is -0.730. The van der Waals surface area contributed by atoms with Crippen molar-refractivity contribution in [1.82, 2.24) is 0 Å². The van der Waals surface area contributed by atoms with Gasteiger partial charge in [0.2, 0.25) is 10.0 Å². The molecule has 0 radical (unpaired) electrons. The average molecular weight is 495 g/mol. The maximum Gasteiger partial charge on any atom is 0.261 e. The van der Waals surface area contributed by atoms with Gasteiger partial charge in [0.05, 0.1) is 31.4 Å². The topological polar surface area (TPSA) is 175 Å². The van der Waals surface area contributed by atoms with Crippen LogP contribution in [0.1, 0.15) is 6.42 Å². The zero-order valence-electron chi connectivity index (χ0n) is 15.3. The van der Waals surface area contributed by atoms with Crippen LogP contribution in [0.15, 0.2) is 63.2 Å². The van der Waals surface area contributed by atoms with Crippen LogP contribution in [0.5, 0.6) is 0 Å². The molecule has 0 aliphatic carbocycles. The lowest BCUT2D eigenvalue weighted by Crippen LogP contribution is -2.23. The third-order valence-corrected chi connectivity index (χ3v) is 11.0. The number of anilines is 1. The fraction of sp³-hybridized carbons (Fsp3) is 0.250. The molecule has 2 aromatic rings. The summed E-state index contributed by atoms with van der Waals surface area (Å²) in [6, 6.07) is 9.23. The van der Waals surface area contributed by atoms with Gasteiger partial charge in [0.15, 0.2) is 19.7 Å². The van der Waals surface area contributed by atoms with Crippen LogP contribution in [0.25, 0.3) is 0 Å². The molecule has 1 atom stereocenters. The standard InChI is InChI=1S/C16H18N2O8S4/c17-29(23,24)13-6-4-12(5-7-13)18-30(25,26)15-3-1-2-14(10-15)28(21,22)16-8-9-27(19,20)11-16/h1-7,10,16,18H,8-9,11H2,(H2,17,23,24)/t16-/m0/s1. The van der Waals surface area contributed by atoms with Crippen molar-refractivity contribution in [3.63, 3.8) is 0 Å². The monoisotopic (exact) mass is 494 g/mol. The summed E-state index contributed by atoms with van der Waals surface area (Å²) in [5, 5.41) is 3.86. The van der Waals surface area contributed by atoms with Crippen molar-refractivity contribution in [3.05, 3.63) is 48.5 Å². The van der Waals surface area contributed by atoms with Gasteiger partial charge in [-0.25, -0.2) is 38.8 Å². The molecule has 1 fully saturated rings. The van der Waals surface area contributed by atoms with E-state index >= 15 is 0 Å². The minimum Gasteiger partial charge on any atom is -0.280 e. The Bertz CT molecular complexity index is 1400. The van der Waals surface area contributed by atoms with Crippen LogP contribution in [0, 0.1) is 0 Å². The lowest BCUT2D eigenvalue weighted by Gasteiger charge is -2.13. The third-order valence-electron chi connectivity index (χ3n) is 4.51. The van der Waals surface area contributed by atoms with E-state index in [9.17, 15) is 33.7 Å². The van der Waals surface area contributed by atoms with Crippen LogP contribution < -0.4 is 9.86 Å². The Kier molecular flexibility index (Phi) is 5.75. The van der Waals surface area contributed by atoms with Crippen LogP contribution in [0.3, 0.4) is 0 Å². The van der Waals surface area contributed by atoms with Crippen molar-refractivity contribution in [3.8, 4) is 0 Å². The third kappa shape index (κ3) is 4.83. The SMILES string of the molecule is NS(=O)(=O)c1ccc(NS(=O)(=O)c2cccc(S(=O)(=O)[C@H]3CCS(=O)(=O)C3)c2)cc1. The number of rotatable bonds is 6. The summed E-state index contributed by atoms with van der Waals surface area (Å²) >= 11 is 0. The molecular formula is C16H18N2O8S4. The maximum atomic E-state index is 12.7. The molecule has 1 heterocycles. The fourth-order valence-corrected chi connectivity index (χ4v) is 9.04. The summed E-state index contributed by atoms with van der Waals surface area (Å²) in [5.41, 5.74) is 0.0394. The number of primary sulfonamides is 1. The Hall–Kier alpha value is -2.00. The zero-order valence-corrected chi connectivity index (χ0v) is 18.6. The zero-order chi connectivity index (χ0) is 22.4. The molecule has 3 N–H and O–H groups in total. The van der Waals surface area contributed by atoms with E-state index in [2.05, 4.69) is 4.72 Å². The van der Waals surface area contributed by atoms with Crippen LogP contribution >= 0.6 is 0 Å². The van der Waals surface area contributed by atoms with E-state index in [1.54, 1.807) is 0 Å². The van der Waals surface area contributed by atoms with E-state index < -0.39 is 50.7 Å². The summed E-state index contributed by atoms with van der Waals surface area (Å²) in [6.45, 7) is 0. The van der Waals surface area contributed by atoms with Crippen molar-refractivity contribution in [1.29, 1.82) is 0 Å². The molecule has 0 aromatic heterocycles. The second-order valence-corrected chi connectivity index (χ2v) is 14.4. The van der Waals surface area contributed by atoms with Crippen molar-refractivity contribution >= 4 is 45.4 Å². The summed E-state index contributed by atoms with van der Waals surface area (Å²) in [7, 11) is -15.6. The van der Waals surface area contributed by atoms with Gasteiger partial charge >= 0.3 is 0 Å². The summed E-state index contributed by atoms with van der Waals surface area (Å²) in [6.07, 6.45) is -0.0453. The highest BCUT2D eigenvalue weighted by Gasteiger charge is 2.38. The Morgan fingerprint density at radius 3 is 2.00 bits per heavy atom. The van der Waals surface area contributed by atoms with Gasteiger partial charge in [-0.3, -0.25) is 4.72 Å². The highest BCUT2D eigenvalue weighted by atomic mass is 32.2. The molecule has 0 unspecified atom stereocenters. The molecule has 10 nitrogen and oxygen atoms in total. The van der Waals surface area contributed by atoms with Crippen LogP contribution in [0.2, 0.25) is 0 Å². The lowest BCUT2D eigenvalue weighted by atomic mass is 10.3. The molecule has 1 saturated heterocycles. The first kappa shape index (κ1) is 22.7. The molecule has 30 heavy (non-hydrogen) atoms. The molecule has 1 aliphatic heterocycles. The second kappa shape index (κ2) is 7.60. The first-order valence-corrected chi connectivity index (χ1v) is 14.8. The molecule has 3 rings (SSSR count). The van der Waals surface area contributed by atoms with Crippen molar-refractivity contribution in [2.24, 2.45) is 5.14 Å². The molecule has 0 spiro atoms.